The summed E-state index contributed by atoms with van der Waals surface area (Å²) in [4.78, 5) is 6.50. The van der Waals surface area contributed by atoms with E-state index in [1.807, 2.05) is 52.2 Å². The Hall–Kier alpha value is -2.47. The average molecular weight is 279 g/mol. The molecule has 21 heavy (non-hydrogen) atoms. The second-order valence-electron chi connectivity index (χ2n) is 4.94. The van der Waals surface area contributed by atoms with Crippen molar-refractivity contribution in [2.45, 2.75) is 13.8 Å². The second kappa shape index (κ2) is 6.81. The molecule has 0 saturated heterocycles. The van der Waals surface area contributed by atoms with E-state index in [1.165, 1.54) is 5.69 Å². The number of amidine groups is 1. The molecule has 3 heteroatoms. The fourth-order valence-corrected chi connectivity index (χ4v) is 2.02. The predicted octanol–water partition coefficient (Wildman–Crippen LogP) is 2.96. The third-order valence-electron chi connectivity index (χ3n) is 3.18. The van der Waals surface area contributed by atoms with Crippen LogP contribution in [0.25, 0.3) is 0 Å². The summed E-state index contributed by atoms with van der Waals surface area (Å²) in [5, 5.41) is 3.25. The van der Waals surface area contributed by atoms with E-state index in [0.717, 1.165) is 29.2 Å². The summed E-state index contributed by atoms with van der Waals surface area (Å²) >= 11 is 0. The van der Waals surface area contributed by atoms with Crippen LogP contribution in [-0.4, -0.2) is 26.5 Å². The summed E-state index contributed by atoms with van der Waals surface area (Å²) in [6.45, 7) is 4.80. The minimum Gasteiger partial charge on any atom is -0.378 e. The van der Waals surface area contributed by atoms with Gasteiger partial charge in [0.25, 0.3) is 0 Å². The average Bonchev–Trinajstić information content (AvgIpc) is 2.88. The molecule has 1 aliphatic heterocycles. The van der Waals surface area contributed by atoms with Crippen LogP contribution < -0.4 is 10.2 Å². The van der Waals surface area contributed by atoms with Crippen LogP contribution in [-0.2, 0) is 0 Å². The summed E-state index contributed by atoms with van der Waals surface area (Å²) in [5.41, 5.74) is 4.18. The van der Waals surface area contributed by atoms with Crippen molar-refractivity contribution in [2.75, 3.05) is 25.5 Å². The van der Waals surface area contributed by atoms with Crippen LogP contribution in [0.3, 0.4) is 0 Å². The van der Waals surface area contributed by atoms with Crippen LogP contribution >= 0.6 is 0 Å². The van der Waals surface area contributed by atoms with E-state index in [9.17, 15) is 0 Å². The fourth-order valence-electron chi connectivity index (χ4n) is 2.02. The normalized spacial score (nSPS) is 17.2. The first-order valence-corrected chi connectivity index (χ1v) is 7.13. The summed E-state index contributed by atoms with van der Waals surface area (Å²) in [6, 6.07) is 8.22. The number of nitrogens with one attached hydrogen (secondary N) is 1. The Labute approximate surface area is 127 Å². The van der Waals surface area contributed by atoms with Crippen LogP contribution in [0.5, 0.6) is 0 Å². The standard InChI is InChI=1S/C18H21N3/c1-5-15-13-16(20-18(15)19-6-2)10-7-14-8-11-17(12-9-14)21(3)4/h5,8-9,11-13H,6H2,1-4H3,(H,19,20)/b15-5-. The van der Waals surface area contributed by atoms with Gasteiger partial charge in [0.15, 0.2) is 0 Å². The summed E-state index contributed by atoms with van der Waals surface area (Å²) in [5.74, 6) is 7.25. The van der Waals surface area contributed by atoms with Crippen molar-refractivity contribution in [3.8, 4) is 11.8 Å². The Kier molecular flexibility index (Phi) is 4.84. The van der Waals surface area contributed by atoms with Crippen molar-refractivity contribution in [3.05, 3.63) is 53.3 Å². The molecule has 0 bridgehead atoms. The van der Waals surface area contributed by atoms with Crippen LogP contribution in [0.4, 0.5) is 5.69 Å². The monoisotopic (exact) mass is 279 g/mol. The van der Waals surface area contributed by atoms with Crippen molar-refractivity contribution in [1.82, 2.24) is 5.32 Å². The minimum atomic E-state index is 0.764. The third-order valence-corrected chi connectivity index (χ3v) is 3.18. The van der Waals surface area contributed by atoms with Gasteiger partial charge >= 0.3 is 0 Å². The maximum Gasteiger partial charge on any atom is 0.132 e. The Bertz CT molecular complexity index is 650. The molecule has 0 fully saturated rings. The van der Waals surface area contributed by atoms with E-state index in [-0.39, 0.29) is 0 Å². The van der Waals surface area contributed by atoms with Crippen LogP contribution in [0.1, 0.15) is 19.4 Å². The van der Waals surface area contributed by atoms with Crippen LogP contribution in [0.15, 0.2) is 52.7 Å². The Morgan fingerprint density at radius 3 is 2.48 bits per heavy atom. The number of nitrogens with zero attached hydrogens (tertiary/aromatic N) is 2. The lowest BCUT2D eigenvalue weighted by Gasteiger charge is -2.11. The second-order valence-corrected chi connectivity index (χ2v) is 4.94. The fraction of sp³-hybridized carbons (Fsp3) is 0.278. The van der Waals surface area contributed by atoms with Crippen LogP contribution in [0.2, 0.25) is 0 Å². The molecule has 1 aliphatic rings. The third kappa shape index (κ3) is 3.76. The molecule has 0 radical (unpaired) electrons. The van der Waals surface area contributed by atoms with Gasteiger partial charge < -0.3 is 10.2 Å². The number of aliphatic imine (C=N–C) groups is 1. The molecule has 1 N–H and O–H groups in total. The molecule has 1 aromatic rings. The van der Waals surface area contributed by atoms with Crippen molar-refractivity contribution >= 4 is 11.5 Å². The van der Waals surface area contributed by atoms with Crippen molar-refractivity contribution in [2.24, 2.45) is 4.99 Å². The molecular weight excluding hydrogens is 258 g/mol. The lowest BCUT2D eigenvalue weighted by molar-refractivity contribution is 1.09. The molecule has 0 saturated carbocycles. The van der Waals surface area contributed by atoms with Gasteiger partial charge in [-0.2, -0.15) is 0 Å². The van der Waals surface area contributed by atoms with Gasteiger partial charge in [0, 0.05) is 37.5 Å². The van der Waals surface area contributed by atoms with Gasteiger partial charge in [0.05, 0.1) is 5.70 Å². The van der Waals surface area contributed by atoms with Crippen molar-refractivity contribution in [3.63, 3.8) is 0 Å². The maximum atomic E-state index is 4.42. The molecular formula is C18H21N3. The largest absolute Gasteiger partial charge is 0.378 e. The first-order valence-electron chi connectivity index (χ1n) is 7.13. The Morgan fingerprint density at radius 2 is 1.90 bits per heavy atom. The zero-order chi connectivity index (χ0) is 15.2. The van der Waals surface area contributed by atoms with E-state index < -0.39 is 0 Å². The molecule has 0 spiro atoms. The van der Waals surface area contributed by atoms with E-state index in [0.29, 0.717) is 0 Å². The first-order chi connectivity index (χ1) is 10.1. The van der Waals surface area contributed by atoms with Gasteiger partial charge in [-0.3, -0.25) is 4.99 Å². The van der Waals surface area contributed by atoms with Gasteiger partial charge in [0.2, 0.25) is 0 Å². The van der Waals surface area contributed by atoms with Gasteiger partial charge in [-0.25, -0.2) is 0 Å². The van der Waals surface area contributed by atoms with Crippen molar-refractivity contribution < 1.29 is 0 Å². The number of allylic oxidation sites excluding steroid dienone is 2. The van der Waals surface area contributed by atoms with Gasteiger partial charge in [-0.15, -0.1) is 0 Å². The summed E-state index contributed by atoms with van der Waals surface area (Å²) < 4.78 is 0. The highest BCUT2D eigenvalue weighted by atomic mass is 15.1. The number of rotatable bonds is 2. The Balaban J connectivity index is 2.15. The summed E-state index contributed by atoms with van der Waals surface area (Å²) in [6.07, 6.45) is 4.08. The molecule has 0 aromatic heterocycles. The Morgan fingerprint density at radius 1 is 1.19 bits per heavy atom. The topological polar surface area (TPSA) is 27.6 Å². The highest BCUT2D eigenvalue weighted by Crippen LogP contribution is 2.13. The number of anilines is 1. The molecule has 0 aliphatic carbocycles. The molecule has 0 amide bonds. The van der Waals surface area contributed by atoms with Crippen molar-refractivity contribution in [1.29, 1.82) is 0 Å². The van der Waals surface area contributed by atoms with Gasteiger partial charge in [-0.1, -0.05) is 12.0 Å². The number of hydrogen-bond donors (Lipinski definition) is 1. The smallest absolute Gasteiger partial charge is 0.132 e. The molecule has 0 atom stereocenters. The van der Waals surface area contributed by atoms with Gasteiger partial charge in [-0.05, 0) is 50.1 Å². The highest BCUT2D eigenvalue weighted by Gasteiger charge is 2.12. The lowest BCUT2D eigenvalue weighted by atomic mass is 10.2. The van der Waals surface area contributed by atoms with E-state index >= 15 is 0 Å². The predicted molar refractivity (Wildman–Crippen MR) is 90.6 cm³/mol. The highest BCUT2D eigenvalue weighted by molar-refractivity contribution is 6.05. The molecule has 2 rings (SSSR count). The minimum absolute atomic E-state index is 0.764. The number of hydrogen-bond acceptors (Lipinski definition) is 2. The maximum absolute atomic E-state index is 4.42. The molecule has 1 heterocycles. The number of benzene rings is 1. The van der Waals surface area contributed by atoms with E-state index in [2.05, 4.69) is 39.2 Å². The zero-order valence-corrected chi connectivity index (χ0v) is 13.1. The quantitative estimate of drug-likeness (QED) is 0.843. The van der Waals surface area contributed by atoms with E-state index in [4.69, 9.17) is 0 Å². The van der Waals surface area contributed by atoms with Crippen LogP contribution in [0, 0.1) is 11.8 Å². The SMILES string of the molecule is C/C=C1/C=C(C#Cc2ccc(N(C)C)cc2)N/C1=N/CC. The zero-order valence-electron chi connectivity index (χ0n) is 13.1. The molecule has 1 aromatic carbocycles. The van der Waals surface area contributed by atoms with E-state index in [1.54, 1.807) is 0 Å². The molecule has 0 unspecified atom stereocenters. The lowest BCUT2D eigenvalue weighted by Crippen LogP contribution is -2.17. The first kappa shape index (κ1) is 14.9. The molecule has 108 valence electrons. The molecule has 3 nitrogen and oxygen atoms in total. The summed E-state index contributed by atoms with van der Waals surface area (Å²) in [7, 11) is 4.06. The van der Waals surface area contributed by atoms with Gasteiger partial charge in [0.1, 0.15) is 5.84 Å².